The van der Waals surface area contributed by atoms with Gasteiger partial charge in [-0.1, -0.05) is 93.9 Å². The third-order valence-corrected chi connectivity index (χ3v) is 26.1. The molecule has 724 valence electrons. The second-order valence-electron chi connectivity index (χ2n) is 34.4. The summed E-state index contributed by atoms with van der Waals surface area (Å²) in [6, 6.07) is 16.6. The summed E-state index contributed by atoms with van der Waals surface area (Å²) in [7, 11) is -1.69. The van der Waals surface area contributed by atoms with Crippen LogP contribution < -0.4 is 51.7 Å². The van der Waals surface area contributed by atoms with Crippen molar-refractivity contribution in [3.05, 3.63) is 176 Å². The molecule has 134 heavy (non-hydrogen) atoms. The summed E-state index contributed by atoms with van der Waals surface area (Å²) in [6.45, 7) is 7.19. The van der Waals surface area contributed by atoms with E-state index >= 15 is 24.0 Å². The van der Waals surface area contributed by atoms with E-state index in [9.17, 15) is 93.0 Å². The summed E-state index contributed by atoms with van der Waals surface area (Å²) in [5.74, 6) is -20.8. The highest BCUT2D eigenvalue weighted by molar-refractivity contribution is 7.84. The molecule has 36 nitrogen and oxygen atoms in total. The van der Waals surface area contributed by atoms with E-state index in [-0.39, 0.29) is 67.9 Å². The van der Waals surface area contributed by atoms with E-state index in [2.05, 4.69) is 26.0 Å². The van der Waals surface area contributed by atoms with Gasteiger partial charge in [0.05, 0.1) is 63.4 Å². The summed E-state index contributed by atoms with van der Waals surface area (Å²) >= 11 is 14.6. The standard InChI is InChI=1S/C91H101Cl2F3N6O30S.CH4/c1-6-42(23-38(2)3)83(117)101-71-58(107)28-47(31-66(97)109)84(118)99-69-46-29-63(125-60-21-16-44(73(71)110)26-54(60)92)80(130-89-78(115)76(113)81(65(36-103)128-89)131-88-77(114)75(112)74(111)62(127-88)12-8-10-40-9-7-11-50(24-40)133(123)37-41-13-18-49(19-14-41)132-91(94,95)96)64(30-46)126-61-22-17-45(27-55(61)93)79(129-67-35-90(5,98)82(116)39(4)124-67)72-86(120)100-70(87(121)122)53-32-48(104)33-57(106)68(53)52-25-43(15-20-56(52)105)51(34-59(69)108)85(119)102-72;/h7,9,11,13-22,24-27,29-30,32-33,38-39,42,47,51,62,65,67,69-79,81-82,88-89,103-106,110-116H,6,8,10,12,23,28,31,34-37,98H2,1-5H3,(H2,97,109)(H,99,118)(H,100,120)(H,101,117)(H,102,119)(H,121,122);1H4/t39-,42+,47-,51+,62+,65+,67?,69+,70+,71-,72-,73+,74-,75-,76+,77+,78+,79+,81+,82-,88-,89-,90-,133?;/m0./s1. The van der Waals surface area contributed by atoms with Crippen molar-refractivity contribution in [2.45, 2.75) is 245 Å². The Morgan fingerprint density at radius 3 is 1.97 bits per heavy atom. The number of alkyl halides is 3. The molecule has 0 aliphatic carbocycles. The number of ether oxygens (including phenoxy) is 9. The van der Waals surface area contributed by atoms with E-state index in [1.807, 2.05) is 13.8 Å². The number of aromatic hydroxyl groups is 3. The van der Waals surface area contributed by atoms with Gasteiger partial charge in [-0.2, -0.15) is 0 Å². The van der Waals surface area contributed by atoms with Crippen molar-refractivity contribution in [2.75, 3.05) is 6.61 Å². The molecule has 42 heteroatoms. The quantitative estimate of drug-likeness (QED) is 0.0300. The Bertz CT molecular complexity index is 5550. The molecular weight excluding hydrogens is 1830 g/mol. The van der Waals surface area contributed by atoms with Gasteiger partial charge in [0, 0.05) is 64.8 Å². The topological polar surface area (TPSA) is 580 Å². The van der Waals surface area contributed by atoms with Crippen molar-refractivity contribution in [1.82, 2.24) is 21.3 Å². The normalized spacial score (nSPS) is 28.9. The summed E-state index contributed by atoms with van der Waals surface area (Å²) in [4.78, 5) is 121. The molecule has 8 aliphatic rings. The molecule has 0 spiro atoms. The number of carboxylic acid groups (broad SMARTS) is 1. The number of hydrogen-bond acceptors (Lipinski definition) is 30. The third kappa shape index (κ3) is 23.3. The zero-order valence-corrected chi connectivity index (χ0v) is 74.2. The van der Waals surface area contributed by atoms with Gasteiger partial charge < -0.3 is 137 Å². The highest BCUT2D eigenvalue weighted by Gasteiger charge is 2.53. The summed E-state index contributed by atoms with van der Waals surface area (Å²) in [6.07, 6.45) is -35.7. The fourth-order valence-corrected chi connectivity index (χ4v) is 18.8. The lowest BCUT2D eigenvalue weighted by Gasteiger charge is -2.46. The third-order valence-electron chi connectivity index (χ3n) is 24.1. The number of nitrogens with two attached hydrogens (primary N) is 2. The molecule has 5 amide bonds. The fourth-order valence-electron chi connectivity index (χ4n) is 17.2. The number of amides is 5. The van der Waals surface area contributed by atoms with E-state index in [1.165, 1.54) is 44.2 Å². The van der Waals surface area contributed by atoms with E-state index in [1.54, 1.807) is 31.2 Å². The maximum absolute atomic E-state index is 16.6. The van der Waals surface area contributed by atoms with E-state index in [0.29, 0.717) is 22.4 Å². The number of carbonyl (C=O) groups is 8. The van der Waals surface area contributed by atoms with Gasteiger partial charge in [0.2, 0.25) is 41.6 Å². The Balaban J connectivity index is 0.0000162. The van der Waals surface area contributed by atoms with Gasteiger partial charge in [-0.05, 0) is 164 Å². The molecule has 3 saturated heterocycles. The van der Waals surface area contributed by atoms with Gasteiger partial charge in [-0.25, -0.2) is 4.79 Å². The number of primary amides is 1. The van der Waals surface area contributed by atoms with Crippen molar-refractivity contribution in [1.29, 1.82) is 0 Å². The molecule has 0 aromatic heterocycles. The van der Waals surface area contributed by atoms with Crippen LogP contribution in [0.1, 0.15) is 163 Å². The van der Waals surface area contributed by atoms with Gasteiger partial charge in [0.25, 0.3) is 0 Å². The number of Topliss-reactive ketones (excluding diaryl/α,β-unsaturated/α-hetero) is 2. The van der Waals surface area contributed by atoms with E-state index in [0.717, 1.165) is 72.8 Å². The summed E-state index contributed by atoms with van der Waals surface area (Å²) in [5, 5.41) is 149. The molecule has 2 unspecified atom stereocenters. The minimum Gasteiger partial charge on any atom is -0.508 e. The number of benzene rings is 7. The number of hydrogen-bond donors (Lipinski definition) is 18. The number of carboxylic acids is 1. The van der Waals surface area contributed by atoms with E-state index < -0.39 is 314 Å². The molecule has 0 saturated carbocycles. The number of aliphatic hydroxyl groups is 8. The number of aliphatic hydroxyl groups excluding tert-OH is 8. The first-order chi connectivity index (χ1) is 62.8. The smallest absolute Gasteiger partial charge is 0.508 e. The number of halogens is 5. The zero-order valence-electron chi connectivity index (χ0n) is 71.8. The Morgan fingerprint density at radius 1 is 0.694 bits per heavy atom. The predicted octanol–water partition coefficient (Wildman–Crippen LogP) is 7.22. The first-order valence-electron chi connectivity index (χ1n) is 42.6. The van der Waals surface area contributed by atoms with Crippen LogP contribution in [0.15, 0.2) is 132 Å². The van der Waals surface area contributed by atoms with Crippen LogP contribution in [0.25, 0.3) is 11.1 Å². The first kappa shape index (κ1) is 102. The highest BCUT2D eigenvalue weighted by atomic mass is 35.5. The van der Waals surface area contributed by atoms with E-state index in [4.69, 9.17) is 72.6 Å². The molecule has 7 aromatic rings. The minimum absolute atomic E-state index is 0. The number of aryl methyl sites for hydroxylation is 1. The number of rotatable bonds is 23. The Kier molecular flexibility index (Phi) is 32.5. The number of fused-ring (bicyclic) bond motifs is 15. The van der Waals surface area contributed by atoms with Crippen LogP contribution in [0.2, 0.25) is 10.0 Å². The Morgan fingerprint density at radius 2 is 1.34 bits per heavy atom. The first-order valence-corrected chi connectivity index (χ1v) is 44.7. The van der Waals surface area contributed by atoms with Gasteiger partial charge in [0.1, 0.15) is 108 Å². The second-order valence-corrected chi connectivity index (χ2v) is 36.7. The molecule has 8 heterocycles. The second kappa shape index (κ2) is 42.7. The van der Waals surface area contributed by atoms with Crippen LogP contribution in [0.4, 0.5) is 13.2 Å². The number of carbonyl (C=O) groups excluding carboxylic acids is 7. The molecule has 24 atom stereocenters. The molecule has 11 bridgehead atoms. The molecular formula is C92H105Cl2F3N6O30S. The molecule has 20 N–H and O–H groups in total. The summed E-state index contributed by atoms with van der Waals surface area (Å²) < 4.78 is 107. The van der Waals surface area contributed by atoms with Gasteiger partial charge in [0.15, 0.2) is 41.7 Å². The van der Waals surface area contributed by atoms with Crippen LogP contribution in [-0.2, 0) is 85.0 Å². The SMILES string of the molecule is C.CC[C@H](CC(C)C)C(=O)N[C@H]1C(=O)C[C@@H](CC(N)=O)C(=O)N[C@H]2C(=O)C[C@H]3C(=O)N[C@H](C(=O)N[C@@H](C(=O)O)c4cc(O)cc(O)c4-c4cc3ccc4O)[C@H](OC3C[C@](C)(N)[C@@H](O)[C@H](C)O3)c3ccc(c(Cl)c3)Oc3cc2cc(c3O[C@@H]2O[C@H](CO)[C@@H](O[C@@H]3O[C@H](CCCc4cccc(S(=O)Cc5ccc(OC(F)(F)F)cc5)c4)[C@H](O)[C@H](O)[C@H]3O)[C@H](O)[C@H]2O)Oc2ccc(cc2Cl)[C@H]1O. The van der Waals surface area contributed by atoms with Crippen molar-refractivity contribution >= 4 is 81.1 Å². The van der Waals surface area contributed by atoms with Crippen LogP contribution in [0.3, 0.4) is 0 Å². The summed E-state index contributed by atoms with van der Waals surface area (Å²) in [5.41, 5.74) is 9.44. The molecule has 0 radical (unpaired) electrons. The number of aliphatic carboxylic acids is 1. The highest BCUT2D eigenvalue weighted by Crippen LogP contribution is 2.51. The molecule has 8 aliphatic heterocycles. The molecule has 15 rings (SSSR count). The molecule has 7 aromatic carbocycles. The number of ketones is 2. The molecule has 3 fully saturated rings. The lowest BCUT2D eigenvalue weighted by atomic mass is 9.84. The van der Waals surface area contributed by atoms with Crippen molar-refractivity contribution < 1.29 is 160 Å². The van der Waals surface area contributed by atoms with Crippen LogP contribution in [0, 0.1) is 17.8 Å². The number of nitrogens with one attached hydrogen (secondary N) is 4. The van der Waals surface area contributed by atoms with Gasteiger partial charge in [-0.15, -0.1) is 13.2 Å². The van der Waals surface area contributed by atoms with Gasteiger partial charge in [-0.3, -0.25) is 37.8 Å². The average molecular weight is 1930 g/mol. The lowest BCUT2D eigenvalue weighted by molar-refractivity contribution is -0.351. The van der Waals surface area contributed by atoms with Crippen molar-refractivity contribution in [3.8, 4) is 62.9 Å². The largest absolute Gasteiger partial charge is 0.573 e. The Hall–Kier alpha value is -10.7. The maximum atomic E-state index is 16.6. The van der Waals surface area contributed by atoms with Crippen LogP contribution in [-0.4, -0.2) is 223 Å². The number of phenols is 3. The Labute approximate surface area is 777 Å². The zero-order chi connectivity index (χ0) is 96.4. The monoisotopic (exact) mass is 1930 g/mol. The van der Waals surface area contributed by atoms with Crippen LogP contribution >= 0.6 is 23.2 Å². The predicted molar refractivity (Wildman–Crippen MR) is 468 cm³/mol. The van der Waals surface area contributed by atoms with Crippen LogP contribution in [0.5, 0.6) is 51.7 Å². The van der Waals surface area contributed by atoms with Crippen molar-refractivity contribution in [3.63, 3.8) is 0 Å². The van der Waals surface area contributed by atoms with Gasteiger partial charge >= 0.3 is 12.3 Å². The fraction of sp³-hybridized carbons (Fsp3) is 0.457. The maximum Gasteiger partial charge on any atom is 0.573 e. The van der Waals surface area contributed by atoms with Crippen molar-refractivity contribution in [2.24, 2.45) is 29.2 Å². The lowest BCUT2D eigenvalue weighted by Crippen LogP contribution is -2.64. The average Bonchev–Trinajstić information content (AvgIpc) is 0.759. The number of phenolic OH excluding ortho intramolecular Hbond substituents is 3. The minimum atomic E-state index is -4.92.